The second-order valence-corrected chi connectivity index (χ2v) is 5.50. The fourth-order valence-electron chi connectivity index (χ4n) is 2.41. The van der Waals surface area contributed by atoms with Gasteiger partial charge in [-0.2, -0.15) is 0 Å². The Morgan fingerprint density at radius 3 is 2.57 bits per heavy atom. The van der Waals surface area contributed by atoms with Crippen LogP contribution in [0, 0.1) is 0 Å². The van der Waals surface area contributed by atoms with Crippen molar-refractivity contribution in [3.05, 3.63) is 59.7 Å². The Labute approximate surface area is 136 Å². The minimum absolute atomic E-state index is 0.0750. The van der Waals surface area contributed by atoms with Crippen molar-refractivity contribution in [2.75, 3.05) is 14.2 Å². The number of ether oxygens (including phenoxy) is 1. The summed E-state index contributed by atoms with van der Waals surface area (Å²) in [5.41, 5.74) is 7.93. The molecule has 0 radical (unpaired) electrons. The molecule has 5 heteroatoms. The minimum atomic E-state index is -0.582. The maximum absolute atomic E-state index is 12.4. The molecule has 2 aromatic carbocycles. The standard InChI is InChI=1S/C18H22N2O3/c1-20(12-14-8-9-16(21)17(11-14)23-2)18(22)15(19)10-13-6-4-3-5-7-13/h3-9,11,15,21H,10,12,19H2,1-2H3. The van der Waals surface area contributed by atoms with Gasteiger partial charge in [0.05, 0.1) is 13.2 Å². The van der Waals surface area contributed by atoms with Crippen molar-refractivity contribution in [1.29, 1.82) is 0 Å². The molecule has 0 aliphatic rings. The van der Waals surface area contributed by atoms with E-state index in [1.54, 1.807) is 30.1 Å². The molecule has 1 amide bonds. The second-order valence-electron chi connectivity index (χ2n) is 5.50. The summed E-state index contributed by atoms with van der Waals surface area (Å²) in [7, 11) is 3.20. The van der Waals surface area contributed by atoms with Crippen LogP contribution < -0.4 is 10.5 Å². The third-order valence-electron chi connectivity index (χ3n) is 3.66. The highest BCUT2D eigenvalue weighted by Gasteiger charge is 2.19. The van der Waals surface area contributed by atoms with Gasteiger partial charge >= 0.3 is 0 Å². The number of phenols is 1. The van der Waals surface area contributed by atoms with Crippen molar-refractivity contribution < 1.29 is 14.6 Å². The summed E-state index contributed by atoms with van der Waals surface area (Å²) in [4.78, 5) is 14.0. The van der Waals surface area contributed by atoms with Gasteiger partial charge in [0, 0.05) is 13.6 Å². The molecular formula is C18H22N2O3. The number of nitrogens with zero attached hydrogens (tertiary/aromatic N) is 1. The normalized spacial score (nSPS) is 11.8. The lowest BCUT2D eigenvalue weighted by atomic mass is 10.1. The molecule has 0 spiro atoms. The lowest BCUT2D eigenvalue weighted by molar-refractivity contribution is -0.131. The van der Waals surface area contributed by atoms with Gasteiger partial charge in [0.15, 0.2) is 11.5 Å². The molecule has 23 heavy (non-hydrogen) atoms. The Balaban J connectivity index is 1.99. The van der Waals surface area contributed by atoms with E-state index in [-0.39, 0.29) is 11.7 Å². The van der Waals surface area contributed by atoms with Gasteiger partial charge < -0.3 is 20.5 Å². The van der Waals surface area contributed by atoms with Gasteiger partial charge in [-0.25, -0.2) is 0 Å². The van der Waals surface area contributed by atoms with Crippen LogP contribution in [0.5, 0.6) is 11.5 Å². The molecule has 1 atom stereocenters. The molecule has 0 saturated carbocycles. The maximum atomic E-state index is 12.4. The van der Waals surface area contributed by atoms with E-state index in [2.05, 4.69) is 0 Å². The first-order chi connectivity index (χ1) is 11.0. The number of methoxy groups -OCH3 is 1. The van der Waals surface area contributed by atoms with E-state index < -0.39 is 6.04 Å². The molecule has 2 aromatic rings. The third-order valence-corrected chi connectivity index (χ3v) is 3.66. The average molecular weight is 314 g/mol. The number of amides is 1. The van der Waals surface area contributed by atoms with Crippen LogP contribution in [0.4, 0.5) is 0 Å². The van der Waals surface area contributed by atoms with Crippen molar-refractivity contribution in [3.63, 3.8) is 0 Å². The molecule has 0 aromatic heterocycles. The summed E-state index contributed by atoms with van der Waals surface area (Å²) in [6.07, 6.45) is 0.503. The Morgan fingerprint density at radius 1 is 1.22 bits per heavy atom. The summed E-state index contributed by atoms with van der Waals surface area (Å²) >= 11 is 0. The zero-order valence-electron chi connectivity index (χ0n) is 13.4. The van der Waals surface area contributed by atoms with E-state index in [9.17, 15) is 9.90 Å². The first-order valence-corrected chi connectivity index (χ1v) is 7.41. The van der Waals surface area contributed by atoms with Crippen LogP contribution in [0.15, 0.2) is 48.5 Å². The largest absolute Gasteiger partial charge is 0.504 e. The smallest absolute Gasteiger partial charge is 0.239 e. The summed E-state index contributed by atoms with van der Waals surface area (Å²) in [5, 5.41) is 9.61. The molecule has 5 nitrogen and oxygen atoms in total. The molecule has 0 saturated heterocycles. The van der Waals surface area contributed by atoms with Crippen LogP contribution in [0.3, 0.4) is 0 Å². The van der Waals surface area contributed by atoms with Gasteiger partial charge in [0.1, 0.15) is 0 Å². The highest BCUT2D eigenvalue weighted by atomic mass is 16.5. The Morgan fingerprint density at radius 2 is 1.91 bits per heavy atom. The fourth-order valence-corrected chi connectivity index (χ4v) is 2.41. The van der Waals surface area contributed by atoms with Gasteiger partial charge in [-0.1, -0.05) is 36.4 Å². The predicted octanol–water partition coefficient (Wildman–Crippen LogP) is 1.93. The van der Waals surface area contributed by atoms with Gasteiger partial charge in [-0.05, 0) is 29.7 Å². The van der Waals surface area contributed by atoms with Crippen molar-refractivity contribution >= 4 is 5.91 Å². The molecule has 0 aliphatic heterocycles. The number of hydrogen-bond acceptors (Lipinski definition) is 4. The van der Waals surface area contributed by atoms with Gasteiger partial charge in [0.25, 0.3) is 0 Å². The topological polar surface area (TPSA) is 75.8 Å². The number of aromatic hydroxyl groups is 1. The number of nitrogens with two attached hydrogens (primary N) is 1. The van der Waals surface area contributed by atoms with Crippen molar-refractivity contribution in [2.45, 2.75) is 19.0 Å². The number of carbonyl (C=O) groups is 1. The molecule has 1 unspecified atom stereocenters. The number of phenolic OH excluding ortho intramolecular Hbond substituents is 1. The first kappa shape index (κ1) is 16.8. The fraction of sp³-hybridized carbons (Fsp3) is 0.278. The SMILES string of the molecule is COc1cc(CN(C)C(=O)C(N)Cc2ccccc2)ccc1O. The molecule has 122 valence electrons. The van der Waals surface area contributed by atoms with Crippen molar-refractivity contribution in [2.24, 2.45) is 5.73 Å². The minimum Gasteiger partial charge on any atom is -0.504 e. The molecular weight excluding hydrogens is 292 g/mol. The Kier molecular flexibility index (Phi) is 5.60. The highest BCUT2D eigenvalue weighted by molar-refractivity contribution is 5.81. The lowest BCUT2D eigenvalue weighted by Crippen LogP contribution is -2.42. The van der Waals surface area contributed by atoms with E-state index >= 15 is 0 Å². The lowest BCUT2D eigenvalue weighted by Gasteiger charge is -2.22. The van der Waals surface area contributed by atoms with Crippen molar-refractivity contribution in [3.8, 4) is 11.5 Å². The van der Waals surface area contributed by atoms with E-state index in [1.807, 2.05) is 30.3 Å². The van der Waals surface area contributed by atoms with Crippen LogP contribution in [0.1, 0.15) is 11.1 Å². The van der Waals surface area contributed by atoms with E-state index in [0.717, 1.165) is 11.1 Å². The van der Waals surface area contributed by atoms with E-state index in [1.165, 1.54) is 7.11 Å². The number of rotatable bonds is 6. The zero-order valence-corrected chi connectivity index (χ0v) is 13.4. The third kappa shape index (κ3) is 4.47. The molecule has 0 heterocycles. The number of likely N-dealkylation sites (N-methyl/N-ethyl adjacent to an activating group) is 1. The number of carbonyl (C=O) groups excluding carboxylic acids is 1. The molecule has 3 N–H and O–H groups in total. The van der Waals surface area contributed by atoms with Gasteiger partial charge in [-0.3, -0.25) is 4.79 Å². The van der Waals surface area contributed by atoms with Crippen LogP contribution >= 0.6 is 0 Å². The summed E-state index contributed by atoms with van der Waals surface area (Å²) in [6.45, 7) is 0.401. The molecule has 0 bridgehead atoms. The quantitative estimate of drug-likeness (QED) is 0.854. The second kappa shape index (κ2) is 7.65. The first-order valence-electron chi connectivity index (χ1n) is 7.41. The highest BCUT2D eigenvalue weighted by Crippen LogP contribution is 2.26. The Hall–Kier alpha value is -2.53. The van der Waals surface area contributed by atoms with Crippen LogP contribution in [-0.4, -0.2) is 36.1 Å². The summed E-state index contributed by atoms with van der Waals surface area (Å²) < 4.78 is 5.08. The average Bonchev–Trinajstić information content (AvgIpc) is 2.56. The zero-order chi connectivity index (χ0) is 16.8. The van der Waals surface area contributed by atoms with Crippen LogP contribution in [-0.2, 0) is 17.8 Å². The maximum Gasteiger partial charge on any atom is 0.239 e. The number of hydrogen-bond donors (Lipinski definition) is 2. The van der Waals surface area contributed by atoms with E-state index in [4.69, 9.17) is 10.5 Å². The van der Waals surface area contributed by atoms with Crippen LogP contribution in [0.25, 0.3) is 0 Å². The summed E-state index contributed by atoms with van der Waals surface area (Å²) in [5.74, 6) is 0.337. The van der Waals surface area contributed by atoms with Gasteiger partial charge in [0.2, 0.25) is 5.91 Å². The predicted molar refractivity (Wildman–Crippen MR) is 89.3 cm³/mol. The van der Waals surface area contributed by atoms with E-state index in [0.29, 0.717) is 18.7 Å². The number of benzene rings is 2. The van der Waals surface area contributed by atoms with Gasteiger partial charge in [-0.15, -0.1) is 0 Å². The van der Waals surface area contributed by atoms with Crippen LogP contribution in [0.2, 0.25) is 0 Å². The molecule has 2 rings (SSSR count). The summed E-state index contributed by atoms with van der Waals surface area (Å²) in [6, 6.07) is 14.1. The molecule has 0 fully saturated rings. The molecule has 0 aliphatic carbocycles. The van der Waals surface area contributed by atoms with Crippen molar-refractivity contribution in [1.82, 2.24) is 4.90 Å². The Bertz CT molecular complexity index is 659. The monoisotopic (exact) mass is 314 g/mol.